The summed E-state index contributed by atoms with van der Waals surface area (Å²) in [6.45, 7) is 8.71. The molecule has 0 amide bonds. The van der Waals surface area contributed by atoms with Crippen LogP contribution in [0.25, 0.3) is 0 Å². The molecule has 0 radical (unpaired) electrons. The van der Waals surface area contributed by atoms with Gasteiger partial charge in [0.15, 0.2) is 0 Å². The Kier molecular flexibility index (Phi) is 8.39. The van der Waals surface area contributed by atoms with Crippen molar-refractivity contribution in [2.75, 3.05) is 19.3 Å². The molecule has 0 spiro atoms. The fourth-order valence-corrected chi connectivity index (χ4v) is 3.26. The molecule has 106 valence electrons. The second-order valence-corrected chi connectivity index (χ2v) is 7.11. The maximum absolute atomic E-state index is 10.9. The molecule has 1 saturated heterocycles. The van der Waals surface area contributed by atoms with Gasteiger partial charge in [-0.3, -0.25) is 0 Å². The van der Waals surface area contributed by atoms with Crippen molar-refractivity contribution in [1.29, 1.82) is 0 Å². The smallest absolute Gasteiger partial charge is 0.213 e. The van der Waals surface area contributed by atoms with Crippen molar-refractivity contribution in [3.8, 4) is 0 Å². The summed E-state index contributed by atoms with van der Waals surface area (Å²) in [7, 11) is -1.19. The van der Waals surface area contributed by atoms with Gasteiger partial charge in [-0.15, -0.1) is 11.3 Å². The first-order chi connectivity index (χ1) is 8.42. The van der Waals surface area contributed by atoms with E-state index < -0.39 is 10.0 Å². The second kappa shape index (κ2) is 8.61. The molecular weight excluding hydrogens is 268 g/mol. The lowest BCUT2D eigenvalue weighted by Gasteiger charge is -2.21. The number of aryl methyl sites for hydroxylation is 2. The minimum Gasteiger partial charge on any atom is -0.247 e. The van der Waals surface area contributed by atoms with E-state index in [2.05, 4.69) is 10.4 Å². The van der Waals surface area contributed by atoms with Crippen LogP contribution in [0, 0.1) is 13.8 Å². The highest BCUT2D eigenvalue weighted by Crippen LogP contribution is 2.09. The monoisotopic (exact) mass is 292 g/mol. The molecule has 0 unspecified atom stereocenters. The highest BCUT2D eigenvalue weighted by molar-refractivity contribution is 7.89. The molecule has 1 aliphatic rings. The van der Waals surface area contributed by atoms with Gasteiger partial charge >= 0.3 is 0 Å². The summed E-state index contributed by atoms with van der Waals surface area (Å²) in [6, 6.07) is 0. The molecule has 0 aromatic carbocycles. The van der Waals surface area contributed by atoms with E-state index in [-0.39, 0.29) is 0 Å². The van der Waals surface area contributed by atoms with E-state index in [1.165, 1.54) is 4.31 Å². The van der Waals surface area contributed by atoms with E-state index in [9.17, 15) is 8.42 Å². The average molecular weight is 292 g/mol. The third-order valence-corrected chi connectivity index (χ3v) is 5.16. The standard InChI is InChI=1S/C5H11NO2S.C5H7NS.C2H6/c1-6-4-2-3-5-9(6,7)8;1-4-3-7-5(2)6-4;1-2/h2-5H2,1H3;3H,1-2H3;1-2H3. The molecule has 18 heavy (non-hydrogen) atoms. The summed E-state index contributed by atoms with van der Waals surface area (Å²) < 4.78 is 23.2. The number of sulfonamides is 1. The molecule has 1 fully saturated rings. The van der Waals surface area contributed by atoms with E-state index in [0.717, 1.165) is 23.5 Å². The van der Waals surface area contributed by atoms with Crippen molar-refractivity contribution in [2.24, 2.45) is 0 Å². The Balaban J connectivity index is 0.000000289. The molecule has 0 atom stereocenters. The minimum atomic E-state index is -2.83. The Morgan fingerprint density at radius 3 is 2.11 bits per heavy atom. The Labute approximate surface area is 115 Å². The van der Waals surface area contributed by atoms with Crippen molar-refractivity contribution in [3.63, 3.8) is 0 Å². The number of hydrogen-bond donors (Lipinski definition) is 0. The van der Waals surface area contributed by atoms with Crippen LogP contribution in [-0.2, 0) is 10.0 Å². The zero-order valence-corrected chi connectivity index (χ0v) is 13.6. The molecule has 1 aliphatic heterocycles. The molecule has 0 saturated carbocycles. The highest BCUT2D eigenvalue weighted by Gasteiger charge is 2.20. The number of nitrogens with zero attached hydrogens (tertiary/aromatic N) is 2. The highest BCUT2D eigenvalue weighted by atomic mass is 32.2. The fraction of sp³-hybridized carbons (Fsp3) is 0.750. The van der Waals surface area contributed by atoms with E-state index in [4.69, 9.17) is 0 Å². The number of thiazole rings is 1. The molecule has 1 aromatic rings. The van der Waals surface area contributed by atoms with Crippen LogP contribution in [0.5, 0.6) is 0 Å². The largest absolute Gasteiger partial charge is 0.247 e. The average Bonchev–Trinajstić information content (AvgIpc) is 2.70. The number of rotatable bonds is 0. The summed E-state index contributed by atoms with van der Waals surface area (Å²) in [5.41, 5.74) is 1.13. The van der Waals surface area contributed by atoms with Crippen molar-refractivity contribution in [1.82, 2.24) is 9.29 Å². The lowest BCUT2D eigenvalue weighted by Crippen LogP contribution is -2.34. The summed E-state index contributed by atoms with van der Waals surface area (Å²) in [4.78, 5) is 4.13. The molecule has 6 heteroatoms. The fourth-order valence-electron chi connectivity index (χ4n) is 1.39. The molecule has 2 rings (SSSR count). The first-order valence-electron chi connectivity index (χ1n) is 6.24. The van der Waals surface area contributed by atoms with Gasteiger partial charge in [0.25, 0.3) is 0 Å². The van der Waals surface area contributed by atoms with Crippen LogP contribution < -0.4 is 0 Å². The SMILES string of the molecule is CC.CN1CCCCS1(=O)=O.Cc1csc(C)n1. The summed E-state index contributed by atoms with van der Waals surface area (Å²) in [5.74, 6) is 0.337. The van der Waals surface area contributed by atoms with Gasteiger partial charge < -0.3 is 0 Å². The molecule has 0 N–H and O–H groups in total. The van der Waals surface area contributed by atoms with Crippen LogP contribution in [0.2, 0.25) is 0 Å². The van der Waals surface area contributed by atoms with Crippen LogP contribution in [0.1, 0.15) is 37.4 Å². The molecule has 4 nitrogen and oxygen atoms in total. The van der Waals surface area contributed by atoms with Crippen LogP contribution >= 0.6 is 11.3 Å². The summed E-state index contributed by atoms with van der Waals surface area (Å²) >= 11 is 1.69. The zero-order chi connectivity index (χ0) is 14.2. The predicted molar refractivity (Wildman–Crippen MR) is 78.6 cm³/mol. The summed E-state index contributed by atoms with van der Waals surface area (Å²) in [5, 5.41) is 3.20. The molecular formula is C12H24N2O2S2. The van der Waals surface area contributed by atoms with Gasteiger partial charge in [-0.1, -0.05) is 13.8 Å². The maximum Gasteiger partial charge on any atom is 0.213 e. The minimum absolute atomic E-state index is 0.337. The Hall–Kier alpha value is -0.460. The van der Waals surface area contributed by atoms with Crippen LogP contribution in [0.4, 0.5) is 0 Å². The van der Waals surface area contributed by atoms with Gasteiger partial charge in [0.2, 0.25) is 10.0 Å². The van der Waals surface area contributed by atoms with E-state index in [1.807, 2.05) is 27.7 Å². The Bertz CT molecular complexity index is 411. The molecule has 0 bridgehead atoms. The van der Waals surface area contributed by atoms with Crippen molar-refractivity contribution in [3.05, 3.63) is 16.1 Å². The number of hydrogen-bond acceptors (Lipinski definition) is 4. The van der Waals surface area contributed by atoms with Crippen LogP contribution in [-0.4, -0.2) is 37.1 Å². The third-order valence-electron chi connectivity index (χ3n) is 2.33. The normalized spacial score (nSPS) is 18.1. The molecule has 1 aromatic heterocycles. The van der Waals surface area contributed by atoms with Crippen LogP contribution in [0.3, 0.4) is 0 Å². The Morgan fingerprint density at radius 1 is 1.28 bits per heavy atom. The zero-order valence-electron chi connectivity index (χ0n) is 11.9. The quantitative estimate of drug-likeness (QED) is 0.739. The summed E-state index contributed by atoms with van der Waals surface area (Å²) in [6.07, 6.45) is 1.84. The lowest BCUT2D eigenvalue weighted by atomic mass is 10.3. The Morgan fingerprint density at radius 2 is 1.89 bits per heavy atom. The van der Waals surface area contributed by atoms with Gasteiger partial charge in [0.1, 0.15) is 0 Å². The lowest BCUT2D eigenvalue weighted by molar-refractivity contribution is 0.435. The first kappa shape index (κ1) is 17.5. The van der Waals surface area contributed by atoms with Crippen molar-refractivity contribution < 1.29 is 8.42 Å². The molecule has 0 aliphatic carbocycles. The van der Waals surface area contributed by atoms with Gasteiger partial charge in [0, 0.05) is 24.7 Å². The second-order valence-electron chi connectivity index (χ2n) is 3.85. The van der Waals surface area contributed by atoms with E-state index in [0.29, 0.717) is 12.3 Å². The van der Waals surface area contributed by atoms with Crippen LogP contribution in [0.15, 0.2) is 5.38 Å². The van der Waals surface area contributed by atoms with Gasteiger partial charge in [0.05, 0.1) is 10.8 Å². The van der Waals surface area contributed by atoms with Gasteiger partial charge in [-0.25, -0.2) is 17.7 Å². The maximum atomic E-state index is 10.9. The third kappa shape index (κ3) is 6.47. The van der Waals surface area contributed by atoms with Gasteiger partial charge in [-0.05, 0) is 26.7 Å². The van der Waals surface area contributed by atoms with E-state index >= 15 is 0 Å². The van der Waals surface area contributed by atoms with Gasteiger partial charge in [-0.2, -0.15) is 0 Å². The molecule has 2 heterocycles. The number of aromatic nitrogens is 1. The van der Waals surface area contributed by atoms with Crippen molar-refractivity contribution >= 4 is 21.4 Å². The first-order valence-corrected chi connectivity index (χ1v) is 8.73. The van der Waals surface area contributed by atoms with E-state index in [1.54, 1.807) is 18.4 Å². The topological polar surface area (TPSA) is 50.3 Å². The van der Waals surface area contributed by atoms with Crippen molar-refractivity contribution in [2.45, 2.75) is 40.5 Å². The predicted octanol–water partition coefficient (Wildman–Crippen LogP) is 2.83.